The molecule has 96 valence electrons. The second-order valence-electron chi connectivity index (χ2n) is 4.91. The van der Waals surface area contributed by atoms with Gasteiger partial charge in [0.05, 0.1) is 17.1 Å². The molecule has 0 fully saturated rings. The van der Waals surface area contributed by atoms with E-state index in [0.717, 1.165) is 5.56 Å². The second-order valence-corrected chi connectivity index (χ2v) is 7.66. The average molecular weight is 256 g/mol. The molecule has 0 spiro atoms. The summed E-state index contributed by atoms with van der Waals surface area (Å²) in [7, 11) is -3.17. The quantitative estimate of drug-likeness (QED) is 0.832. The topological polar surface area (TPSA) is 43.4 Å². The molecular weight excluding hydrogens is 236 g/mol. The Morgan fingerprint density at radius 2 is 1.76 bits per heavy atom. The van der Waals surface area contributed by atoms with Crippen molar-refractivity contribution in [2.45, 2.75) is 38.2 Å². The second kappa shape index (κ2) is 5.08. The highest BCUT2D eigenvalue weighted by atomic mass is 32.2. The van der Waals surface area contributed by atoms with Crippen LogP contribution in [-0.4, -0.2) is 19.8 Å². The highest BCUT2D eigenvalue weighted by Gasteiger charge is 2.29. The lowest BCUT2D eigenvalue weighted by Gasteiger charge is -2.20. The van der Waals surface area contributed by atoms with Crippen molar-refractivity contribution in [1.29, 1.82) is 0 Å². The Hall–Kier alpha value is -1.03. The van der Waals surface area contributed by atoms with Crippen LogP contribution in [0.5, 0.6) is 5.75 Å². The van der Waals surface area contributed by atoms with Crippen molar-refractivity contribution in [2.75, 3.05) is 6.61 Å². The lowest BCUT2D eigenvalue weighted by Crippen LogP contribution is -2.29. The largest absolute Gasteiger partial charge is 0.494 e. The molecule has 0 amide bonds. The molecule has 0 bridgehead atoms. The van der Waals surface area contributed by atoms with Crippen LogP contribution >= 0.6 is 0 Å². The molecule has 0 aliphatic rings. The molecule has 1 aromatic carbocycles. The van der Waals surface area contributed by atoms with Gasteiger partial charge in [-0.3, -0.25) is 0 Å². The first-order valence-corrected chi connectivity index (χ1v) is 7.36. The molecule has 0 unspecified atom stereocenters. The number of hydrogen-bond donors (Lipinski definition) is 0. The number of ether oxygens (including phenoxy) is 1. The van der Waals surface area contributed by atoms with Gasteiger partial charge in [-0.05, 0) is 33.8 Å². The maximum Gasteiger partial charge on any atom is 0.159 e. The third-order valence-electron chi connectivity index (χ3n) is 2.55. The normalized spacial score (nSPS) is 12.5. The Labute approximate surface area is 104 Å². The first-order chi connectivity index (χ1) is 7.78. The summed E-state index contributed by atoms with van der Waals surface area (Å²) in [4.78, 5) is 0. The Morgan fingerprint density at radius 3 is 2.29 bits per heavy atom. The van der Waals surface area contributed by atoms with Crippen LogP contribution in [0.2, 0.25) is 0 Å². The number of para-hydroxylation sites is 1. The van der Waals surface area contributed by atoms with Gasteiger partial charge in [0.2, 0.25) is 0 Å². The van der Waals surface area contributed by atoms with Crippen LogP contribution in [0, 0.1) is 0 Å². The van der Waals surface area contributed by atoms with E-state index >= 15 is 0 Å². The average Bonchev–Trinajstić information content (AvgIpc) is 2.19. The van der Waals surface area contributed by atoms with Crippen LogP contribution in [0.4, 0.5) is 0 Å². The van der Waals surface area contributed by atoms with Crippen LogP contribution in [0.25, 0.3) is 0 Å². The predicted molar refractivity (Wildman–Crippen MR) is 70.0 cm³/mol. The van der Waals surface area contributed by atoms with Crippen LogP contribution < -0.4 is 4.74 Å². The van der Waals surface area contributed by atoms with Crippen molar-refractivity contribution < 1.29 is 13.2 Å². The fourth-order valence-electron chi connectivity index (χ4n) is 1.34. The first-order valence-electron chi connectivity index (χ1n) is 5.71. The van der Waals surface area contributed by atoms with Crippen molar-refractivity contribution >= 4 is 9.84 Å². The Balaban J connectivity index is 3.04. The Kier molecular flexibility index (Phi) is 4.20. The van der Waals surface area contributed by atoms with E-state index in [1.807, 2.05) is 19.1 Å². The molecule has 1 rings (SSSR count). The zero-order chi connectivity index (χ0) is 13.1. The summed E-state index contributed by atoms with van der Waals surface area (Å²) in [6.07, 6.45) is 0. The summed E-state index contributed by atoms with van der Waals surface area (Å²) in [5, 5.41) is 0. The highest BCUT2D eigenvalue weighted by molar-refractivity contribution is 7.91. The van der Waals surface area contributed by atoms with Crippen molar-refractivity contribution in [2.24, 2.45) is 0 Å². The van der Waals surface area contributed by atoms with Crippen molar-refractivity contribution in [3.05, 3.63) is 29.8 Å². The van der Waals surface area contributed by atoms with E-state index in [2.05, 4.69) is 0 Å². The number of sulfone groups is 1. The summed E-state index contributed by atoms with van der Waals surface area (Å²) in [6.45, 7) is 7.56. The van der Waals surface area contributed by atoms with Gasteiger partial charge in [-0.25, -0.2) is 8.42 Å². The van der Waals surface area contributed by atoms with Crippen molar-refractivity contribution in [3.63, 3.8) is 0 Å². The summed E-state index contributed by atoms with van der Waals surface area (Å²) in [6, 6.07) is 7.28. The standard InChI is InChI=1S/C13H20O3S/c1-5-16-12-9-7-6-8-11(12)10-17(14,15)13(2,3)4/h6-9H,5,10H2,1-4H3. The fourth-order valence-corrected chi connectivity index (χ4v) is 2.42. The summed E-state index contributed by atoms with van der Waals surface area (Å²) < 4.78 is 28.9. The van der Waals surface area contributed by atoms with Gasteiger partial charge >= 0.3 is 0 Å². The van der Waals surface area contributed by atoms with Gasteiger partial charge in [0.15, 0.2) is 9.84 Å². The number of rotatable bonds is 4. The Morgan fingerprint density at radius 1 is 1.18 bits per heavy atom. The van der Waals surface area contributed by atoms with Crippen molar-refractivity contribution in [1.82, 2.24) is 0 Å². The molecule has 0 N–H and O–H groups in total. The number of hydrogen-bond acceptors (Lipinski definition) is 3. The summed E-state index contributed by atoms with van der Waals surface area (Å²) in [5.41, 5.74) is 0.726. The zero-order valence-electron chi connectivity index (χ0n) is 10.9. The number of benzene rings is 1. The van der Waals surface area contributed by atoms with E-state index in [-0.39, 0.29) is 5.75 Å². The minimum atomic E-state index is -3.17. The van der Waals surface area contributed by atoms with Crippen LogP contribution in [0.3, 0.4) is 0 Å². The lowest BCUT2D eigenvalue weighted by atomic mass is 10.2. The van der Waals surface area contributed by atoms with Gasteiger partial charge in [0, 0.05) is 5.56 Å². The van der Waals surface area contributed by atoms with Gasteiger partial charge < -0.3 is 4.74 Å². The van der Waals surface area contributed by atoms with E-state index in [0.29, 0.717) is 12.4 Å². The van der Waals surface area contributed by atoms with Crippen molar-refractivity contribution in [3.8, 4) is 5.75 Å². The van der Waals surface area contributed by atoms with Gasteiger partial charge in [0.25, 0.3) is 0 Å². The molecule has 3 nitrogen and oxygen atoms in total. The van der Waals surface area contributed by atoms with Gasteiger partial charge in [-0.15, -0.1) is 0 Å². The first kappa shape index (κ1) is 14.0. The molecule has 1 aromatic rings. The van der Waals surface area contributed by atoms with Crippen LogP contribution in [-0.2, 0) is 15.6 Å². The third-order valence-corrected chi connectivity index (χ3v) is 5.11. The minimum absolute atomic E-state index is 0.0205. The smallest absolute Gasteiger partial charge is 0.159 e. The Bertz CT molecular complexity index is 470. The molecule has 0 saturated heterocycles. The molecule has 0 radical (unpaired) electrons. The van der Waals surface area contributed by atoms with Crippen LogP contribution in [0.15, 0.2) is 24.3 Å². The summed E-state index contributed by atoms with van der Waals surface area (Å²) in [5.74, 6) is 0.676. The minimum Gasteiger partial charge on any atom is -0.494 e. The monoisotopic (exact) mass is 256 g/mol. The molecule has 0 aromatic heterocycles. The SMILES string of the molecule is CCOc1ccccc1CS(=O)(=O)C(C)(C)C. The van der Waals surface area contributed by atoms with E-state index in [4.69, 9.17) is 4.74 Å². The van der Waals surface area contributed by atoms with Gasteiger partial charge in [-0.1, -0.05) is 18.2 Å². The van der Waals surface area contributed by atoms with E-state index in [9.17, 15) is 8.42 Å². The molecule has 4 heteroatoms. The lowest BCUT2D eigenvalue weighted by molar-refractivity contribution is 0.337. The highest BCUT2D eigenvalue weighted by Crippen LogP contribution is 2.25. The molecule has 17 heavy (non-hydrogen) atoms. The third kappa shape index (κ3) is 3.46. The van der Waals surface area contributed by atoms with E-state index < -0.39 is 14.6 Å². The molecular formula is C13H20O3S. The van der Waals surface area contributed by atoms with Gasteiger partial charge in [-0.2, -0.15) is 0 Å². The molecule has 0 aliphatic heterocycles. The maximum absolute atomic E-state index is 12.1. The molecule has 0 saturated carbocycles. The molecule has 0 aliphatic carbocycles. The van der Waals surface area contributed by atoms with Gasteiger partial charge in [0.1, 0.15) is 5.75 Å². The molecule has 0 heterocycles. The zero-order valence-corrected chi connectivity index (χ0v) is 11.7. The molecule has 0 atom stereocenters. The van der Waals surface area contributed by atoms with E-state index in [1.54, 1.807) is 32.9 Å². The fraction of sp³-hybridized carbons (Fsp3) is 0.538. The summed E-state index contributed by atoms with van der Waals surface area (Å²) >= 11 is 0. The van der Waals surface area contributed by atoms with E-state index in [1.165, 1.54) is 0 Å². The predicted octanol–water partition coefficient (Wildman–Crippen LogP) is 2.80. The maximum atomic E-state index is 12.1. The van der Waals surface area contributed by atoms with Crippen LogP contribution in [0.1, 0.15) is 33.3 Å².